The molecule has 0 radical (unpaired) electrons. The lowest BCUT2D eigenvalue weighted by atomic mass is 9.80. The first kappa shape index (κ1) is 18.1. The van der Waals surface area contributed by atoms with Crippen LogP contribution in [0.1, 0.15) is 52.4 Å². The molecular weight excluding hydrogens is 272 g/mol. The van der Waals surface area contributed by atoms with Gasteiger partial charge in [-0.2, -0.15) is 0 Å². The van der Waals surface area contributed by atoms with E-state index in [1.54, 1.807) is 14.0 Å². The summed E-state index contributed by atoms with van der Waals surface area (Å²) < 4.78 is 10.2. The van der Waals surface area contributed by atoms with Gasteiger partial charge in [-0.3, -0.25) is 9.59 Å². The van der Waals surface area contributed by atoms with E-state index in [2.05, 4.69) is 0 Å². The second kappa shape index (κ2) is 9.15. The Labute approximate surface area is 127 Å². The Hall–Kier alpha value is -0.940. The van der Waals surface area contributed by atoms with Crippen molar-refractivity contribution in [1.82, 2.24) is 0 Å². The first-order valence-electron chi connectivity index (χ1n) is 7.89. The highest BCUT2D eigenvalue weighted by molar-refractivity contribution is 5.87. The van der Waals surface area contributed by atoms with Gasteiger partial charge in [-0.05, 0) is 25.7 Å². The fourth-order valence-electron chi connectivity index (χ4n) is 2.77. The Bertz CT molecular complexity index is 342. The van der Waals surface area contributed by atoms with Gasteiger partial charge in [-0.1, -0.05) is 20.3 Å². The van der Waals surface area contributed by atoms with E-state index < -0.39 is 6.10 Å². The lowest BCUT2D eigenvalue weighted by Crippen LogP contribution is -2.40. The van der Waals surface area contributed by atoms with E-state index >= 15 is 0 Å². The Morgan fingerprint density at radius 3 is 2.81 bits per heavy atom. The number of aliphatic hydroxyl groups excluding tert-OH is 1. The van der Waals surface area contributed by atoms with Crippen molar-refractivity contribution in [3.63, 3.8) is 0 Å². The summed E-state index contributed by atoms with van der Waals surface area (Å²) in [5.41, 5.74) is 0. The zero-order valence-corrected chi connectivity index (χ0v) is 13.3. The molecule has 1 N–H and O–H groups in total. The Balaban J connectivity index is 2.48. The summed E-state index contributed by atoms with van der Waals surface area (Å²) in [6, 6.07) is 0. The molecule has 4 atom stereocenters. The molecular formula is C16H28O5. The molecule has 122 valence electrons. The van der Waals surface area contributed by atoms with Gasteiger partial charge < -0.3 is 14.6 Å². The molecule has 1 aliphatic heterocycles. The predicted molar refractivity (Wildman–Crippen MR) is 78.8 cm³/mol. The highest BCUT2D eigenvalue weighted by Gasteiger charge is 2.38. The number of cyclic esters (lactones) is 1. The largest absolute Gasteiger partial charge is 0.462 e. The van der Waals surface area contributed by atoms with E-state index in [9.17, 15) is 14.7 Å². The van der Waals surface area contributed by atoms with E-state index in [1.807, 2.05) is 6.92 Å². The van der Waals surface area contributed by atoms with Gasteiger partial charge in [0.05, 0.1) is 12.0 Å². The third-order valence-electron chi connectivity index (χ3n) is 4.18. The van der Waals surface area contributed by atoms with Gasteiger partial charge in [-0.25, -0.2) is 0 Å². The van der Waals surface area contributed by atoms with Crippen molar-refractivity contribution in [3.8, 4) is 0 Å². The molecule has 1 aliphatic rings. The molecule has 4 unspecified atom stereocenters. The number of carbonyl (C=O) groups is 2. The highest BCUT2D eigenvalue weighted by Crippen LogP contribution is 2.30. The van der Waals surface area contributed by atoms with Crippen LogP contribution in [0, 0.1) is 11.8 Å². The Kier molecular flexibility index (Phi) is 7.89. The number of methoxy groups -OCH3 is 1. The molecule has 0 aromatic rings. The first-order valence-corrected chi connectivity index (χ1v) is 7.89. The highest BCUT2D eigenvalue weighted by atomic mass is 16.5. The number of Topliss-reactive ketones (excluding diaryl/α,β-unsaturated/α-hetero) is 1. The second-order valence-electron chi connectivity index (χ2n) is 5.92. The van der Waals surface area contributed by atoms with Gasteiger partial charge in [0.2, 0.25) is 0 Å². The molecule has 0 saturated carbocycles. The maximum Gasteiger partial charge on any atom is 0.309 e. The fraction of sp³-hybridized carbons (Fsp3) is 0.875. The van der Waals surface area contributed by atoms with E-state index in [1.165, 1.54) is 0 Å². The molecule has 5 heteroatoms. The van der Waals surface area contributed by atoms with Crippen LogP contribution in [0.2, 0.25) is 0 Å². The van der Waals surface area contributed by atoms with Crippen molar-refractivity contribution in [1.29, 1.82) is 0 Å². The normalized spacial score (nSPS) is 27.2. The third kappa shape index (κ3) is 5.75. The van der Waals surface area contributed by atoms with Crippen LogP contribution in [-0.4, -0.2) is 42.8 Å². The van der Waals surface area contributed by atoms with Crippen LogP contribution in [0.3, 0.4) is 0 Å². The van der Waals surface area contributed by atoms with E-state index in [-0.39, 0.29) is 29.7 Å². The lowest BCUT2D eigenvalue weighted by molar-refractivity contribution is -0.167. The molecule has 0 bridgehead atoms. The third-order valence-corrected chi connectivity index (χ3v) is 4.18. The number of rotatable bonds is 9. The Morgan fingerprint density at radius 1 is 1.48 bits per heavy atom. The van der Waals surface area contributed by atoms with Gasteiger partial charge in [0.1, 0.15) is 11.9 Å². The maximum absolute atomic E-state index is 12.3. The van der Waals surface area contributed by atoms with E-state index in [0.717, 1.165) is 12.8 Å². The van der Waals surface area contributed by atoms with Gasteiger partial charge in [0.25, 0.3) is 0 Å². The van der Waals surface area contributed by atoms with Gasteiger partial charge in [0, 0.05) is 26.1 Å². The van der Waals surface area contributed by atoms with Crippen molar-refractivity contribution in [2.45, 2.75) is 64.6 Å². The average molecular weight is 300 g/mol. The van der Waals surface area contributed by atoms with E-state index in [0.29, 0.717) is 32.3 Å². The van der Waals surface area contributed by atoms with Crippen LogP contribution in [-0.2, 0) is 19.1 Å². The summed E-state index contributed by atoms with van der Waals surface area (Å²) in [6.07, 6.45) is 2.97. The number of hydrogen-bond donors (Lipinski definition) is 1. The maximum atomic E-state index is 12.3. The summed E-state index contributed by atoms with van der Waals surface area (Å²) >= 11 is 0. The minimum absolute atomic E-state index is 0.0664. The van der Waals surface area contributed by atoms with Crippen molar-refractivity contribution in [2.75, 3.05) is 13.7 Å². The van der Waals surface area contributed by atoms with Crippen LogP contribution in [0.5, 0.6) is 0 Å². The van der Waals surface area contributed by atoms with Gasteiger partial charge >= 0.3 is 5.97 Å². The summed E-state index contributed by atoms with van der Waals surface area (Å²) in [5, 5.41) is 9.76. The Morgan fingerprint density at radius 2 is 2.19 bits per heavy atom. The molecule has 1 rings (SSSR count). The molecule has 1 fully saturated rings. The average Bonchev–Trinajstić information content (AvgIpc) is 2.46. The van der Waals surface area contributed by atoms with Crippen LogP contribution in [0.4, 0.5) is 0 Å². The SMILES string of the molecule is CCCC1CC(C(=O)CCC(O)CCOC)C(C)C(=O)O1. The predicted octanol–water partition coefficient (Wildman–Crippen LogP) is 2.10. The zero-order chi connectivity index (χ0) is 15.8. The molecule has 1 saturated heterocycles. The van der Waals surface area contributed by atoms with Crippen molar-refractivity contribution in [2.24, 2.45) is 11.8 Å². The minimum Gasteiger partial charge on any atom is -0.462 e. The summed E-state index contributed by atoms with van der Waals surface area (Å²) in [4.78, 5) is 24.2. The summed E-state index contributed by atoms with van der Waals surface area (Å²) in [6.45, 7) is 4.28. The van der Waals surface area contributed by atoms with E-state index in [4.69, 9.17) is 9.47 Å². The number of hydrogen-bond acceptors (Lipinski definition) is 5. The number of ketones is 1. The van der Waals surface area contributed by atoms with Gasteiger partial charge in [-0.15, -0.1) is 0 Å². The fourth-order valence-corrected chi connectivity index (χ4v) is 2.77. The molecule has 1 heterocycles. The zero-order valence-electron chi connectivity index (χ0n) is 13.3. The number of ether oxygens (including phenoxy) is 2. The van der Waals surface area contributed by atoms with Crippen molar-refractivity contribution in [3.05, 3.63) is 0 Å². The molecule has 0 aromatic heterocycles. The molecule has 0 aliphatic carbocycles. The number of esters is 1. The smallest absolute Gasteiger partial charge is 0.309 e. The molecule has 0 amide bonds. The van der Waals surface area contributed by atoms with Crippen LogP contribution in [0.25, 0.3) is 0 Å². The van der Waals surface area contributed by atoms with Crippen LogP contribution >= 0.6 is 0 Å². The standard InChI is InChI=1S/C16H28O5/c1-4-5-13-10-14(11(2)16(19)21-13)15(18)7-6-12(17)8-9-20-3/h11-14,17H,4-10H2,1-3H3. The van der Waals surface area contributed by atoms with Crippen LogP contribution in [0.15, 0.2) is 0 Å². The summed E-state index contributed by atoms with van der Waals surface area (Å²) in [5.74, 6) is -0.839. The lowest BCUT2D eigenvalue weighted by Gasteiger charge is -2.32. The van der Waals surface area contributed by atoms with Crippen molar-refractivity contribution < 1.29 is 24.2 Å². The molecule has 0 spiro atoms. The number of carbonyl (C=O) groups excluding carboxylic acids is 2. The summed E-state index contributed by atoms with van der Waals surface area (Å²) in [7, 11) is 1.58. The number of aliphatic hydroxyl groups is 1. The van der Waals surface area contributed by atoms with Crippen LogP contribution < -0.4 is 0 Å². The first-order chi connectivity index (χ1) is 9.99. The minimum atomic E-state index is -0.522. The molecule has 21 heavy (non-hydrogen) atoms. The molecule has 0 aromatic carbocycles. The topological polar surface area (TPSA) is 72.8 Å². The van der Waals surface area contributed by atoms with Gasteiger partial charge in [0.15, 0.2) is 0 Å². The molecule has 5 nitrogen and oxygen atoms in total. The quantitative estimate of drug-likeness (QED) is 0.660. The monoisotopic (exact) mass is 300 g/mol. The van der Waals surface area contributed by atoms with Crippen molar-refractivity contribution >= 4 is 11.8 Å². The second-order valence-corrected chi connectivity index (χ2v) is 5.92.